The smallest absolute Gasteiger partial charge is 0.399 e. The first-order valence-corrected chi connectivity index (χ1v) is 12.5. The number of rotatable bonds is 3. The predicted molar refractivity (Wildman–Crippen MR) is 139 cm³/mol. The second-order valence-corrected chi connectivity index (χ2v) is 10.4. The van der Waals surface area contributed by atoms with Crippen LogP contribution in [0.15, 0.2) is 28.7 Å². The highest BCUT2D eigenvalue weighted by Crippen LogP contribution is 2.37. The van der Waals surface area contributed by atoms with Crippen molar-refractivity contribution in [2.75, 3.05) is 0 Å². The molecule has 2 aromatic carbocycles. The fraction of sp³-hybridized carbons (Fsp3) is 0.500. The van der Waals surface area contributed by atoms with Crippen LogP contribution in [0.25, 0.3) is 22.1 Å². The Bertz CT molecular complexity index is 1330. The van der Waals surface area contributed by atoms with Crippen LogP contribution in [0.1, 0.15) is 52.7 Å². The first-order chi connectivity index (χ1) is 16.0. The summed E-state index contributed by atoms with van der Waals surface area (Å²) in [5, 5.41) is 16.7. The van der Waals surface area contributed by atoms with Gasteiger partial charge in [0.05, 0.1) is 22.2 Å². The summed E-state index contributed by atoms with van der Waals surface area (Å²) in [6, 6.07) is 8.19. The highest BCUT2D eigenvalue weighted by molar-refractivity contribution is 9.10. The summed E-state index contributed by atoms with van der Waals surface area (Å²) in [4.78, 5) is 0. The molecule has 1 aliphatic rings. The molecular weight excluding hydrogens is 495 g/mol. The molecule has 3 heterocycles. The zero-order valence-corrected chi connectivity index (χ0v) is 22.8. The van der Waals surface area contributed by atoms with Crippen molar-refractivity contribution in [2.24, 2.45) is 0 Å². The van der Waals surface area contributed by atoms with E-state index in [1.165, 1.54) is 0 Å². The van der Waals surface area contributed by atoms with E-state index in [0.29, 0.717) is 0 Å². The Kier molecular flexibility index (Phi) is 6.61. The molecule has 5 rings (SSSR count). The van der Waals surface area contributed by atoms with E-state index >= 15 is 0 Å². The lowest BCUT2D eigenvalue weighted by atomic mass is 9.76. The lowest BCUT2D eigenvalue weighted by molar-refractivity contribution is 0.00578. The minimum atomic E-state index is -0.355. The van der Waals surface area contributed by atoms with Gasteiger partial charge in [-0.2, -0.15) is 0 Å². The van der Waals surface area contributed by atoms with Crippen LogP contribution in [0, 0.1) is 13.8 Å². The molecule has 1 fully saturated rings. The topological polar surface area (TPSA) is 79.9 Å². The molecule has 0 N–H and O–H groups in total. The van der Waals surface area contributed by atoms with Crippen molar-refractivity contribution in [3.8, 4) is 0 Å². The summed E-state index contributed by atoms with van der Waals surface area (Å²) in [5.74, 6) is 0. The molecule has 0 aliphatic carbocycles. The minimum absolute atomic E-state index is 0.333. The molecule has 1 aliphatic heterocycles. The average molecular weight is 527 g/mol. The number of nitrogens with zero attached hydrogens (tertiary/aromatic N) is 6. The number of hydrogen-bond acceptors (Lipinski definition) is 6. The fourth-order valence-corrected chi connectivity index (χ4v) is 4.34. The van der Waals surface area contributed by atoms with Crippen LogP contribution in [0.3, 0.4) is 0 Å². The molecule has 0 saturated carbocycles. The van der Waals surface area contributed by atoms with Gasteiger partial charge in [0, 0.05) is 17.6 Å². The standard InChI is InChI=1S/C15H22BN3O2.C9H10BrN3/c1-7-19-12-9-8-11(10(2)13(12)17-18-19)16-20-14(3,4)15(5,6)21-16;1-3-13-8-5-4-7(10)6(2)9(8)11-12-13/h8-9H,7H2,1-6H3;4-5H,3H2,1-2H3. The van der Waals surface area contributed by atoms with Crippen molar-refractivity contribution in [1.29, 1.82) is 0 Å². The molecule has 0 spiro atoms. The van der Waals surface area contributed by atoms with E-state index in [9.17, 15) is 0 Å². The highest BCUT2D eigenvalue weighted by atomic mass is 79.9. The van der Waals surface area contributed by atoms with Crippen molar-refractivity contribution in [1.82, 2.24) is 30.0 Å². The third kappa shape index (κ3) is 4.16. The molecule has 0 atom stereocenters. The van der Waals surface area contributed by atoms with Gasteiger partial charge >= 0.3 is 7.12 Å². The van der Waals surface area contributed by atoms with Crippen molar-refractivity contribution in [2.45, 2.75) is 79.7 Å². The van der Waals surface area contributed by atoms with Gasteiger partial charge in [0.2, 0.25) is 0 Å². The van der Waals surface area contributed by atoms with Crippen LogP contribution < -0.4 is 5.46 Å². The van der Waals surface area contributed by atoms with Gasteiger partial charge in [-0.05, 0) is 90.2 Å². The van der Waals surface area contributed by atoms with Crippen molar-refractivity contribution in [3.05, 3.63) is 39.9 Å². The van der Waals surface area contributed by atoms with Crippen molar-refractivity contribution < 1.29 is 9.31 Å². The van der Waals surface area contributed by atoms with Gasteiger partial charge < -0.3 is 9.31 Å². The largest absolute Gasteiger partial charge is 0.495 e. The Balaban J connectivity index is 0.000000180. The van der Waals surface area contributed by atoms with E-state index in [0.717, 1.165) is 56.2 Å². The summed E-state index contributed by atoms with van der Waals surface area (Å²) in [6.07, 6.45) is 0. The highest BCUT2D eigenvalue weighted by Gasteiger charge is 2.52. The Morgan fingerprint density at radius 2 is 1.26 bits per heavy atom. The summed E-state index contributed by atoms with van der Waals surface area (Å²) in [7, 11) is -0.355. The van der Waals surface area contributed by atoms with Crippen molar-refractivity contribution >= 4 is 50.6 Å². The number of aryl methyl sites for hydroxylation is 4. The predicted octanol–water partition coefficient (Wildman–Crippen LogP) is 4.58. The first kappa shape index (κ1) is 24.8. The quantitative estimate of drug-likeness (QED) is 0.363. The number of hydrogen-bond donors (Lipinski definition) is 0. The third-order valence-electron chi connectivity index (χ3n) is 6.96. The average Bonchev–Trinajstić information content (AvgIpc) is 3.45. The van der Waals surface area contributed by atoms with E-state index in [-0.39, 0.29) is 18.3 Å². The zero-order valence-electron chi connectivity index (χ0n) is 21.2. The number of halogens is 1. The minimum Gasteiger partial charge on any atom is -0.399 e. The Hall–Kier alpha value is -2.30. The number of benzene rings is 2. The Morgan fingerprint density at radius 3 is 1.76 bits per heavy atom. The lowest BCUT2D eigenvalue weighted by Crippen LogP contribution is -2.41. The molecule has 180 valence electrons. The number of aromatic nitrogens is 6. The van der Waals surface area contributed by atoms with Crippen LogP contribution in [0.4, 0.5) is 0 Å². The van der Waals surface area contributed by atoms with Gasteiger partial charge in [-0.3, -0.25) is 0 Å². The maximum Gasteiger partial charge on any atom is 0.495 e. The van der Waals surface area contributed by atoms with Crippen LogP contribution in [0.2, 0.25) is 0 Å². The lowest BCUT2D eigenvalue weighted by Gasteiger charge is -2.32. The van der Waals surface area contributed by atoms with Gasteiger partial charge in [-0.25, -0.2) is 9.36 Å². The van der Waals surface area contributed by atoms with E-state index in [1.54, 1.807) is 0 Å². The molecule has 34 heavy (non-hydrogen) atoms. The molecule has 10 heteroatoms. The normalized spacial score (nSPS) is 16.8. The van der Waals surface area contributed by atoms with Crippen LogP contribution in [0.5, 0.6) is 0 Å². The Labute approximate surface area is 209 Å². The molecule has 0 bridgehead atoms. The van der Waals surface area contributed by atoms with Gasteiger partial charge in [0.1, 0.15) is 11.0 Å². The molecule has 2 aromatic heterocycles. The second-order valence-electron chi connectivity index (χ2n) is 9.59. The van der Waals surface area contributed by atoms with Gasteiger partial charge in [0.25, 0.3) is 0 Å². The van der Waals surface area contributed by atoms with Gasteiger partial charge in [-0.15, -0.1) is 10.2 Å². The Morgan fingerprint density at radius 1 is 0.794 bits per heavy atom. The fourth-order valence-electron chi connectivity index (χ4n) is 4.02. The second kappa shape index (κ2) is 9.05. The first-order valence-electron chi connectivity index (χ1n) is 11.7. The van der Waals surface area contributed by atoms with E-state index in [4.69, 9.17) is 9.31 Å². The van der Waals surface area contributed by atoms with Crippen molar-refractivity contribution in [3.63, 3.8) is 0 Å². The molecule has 0 unspecified atom stereocenters. The zero-order chi connectivity index (χ0) is 24.8. The molecule has 8 nitrogen and oxygen atoms in total. The summed E-state index contributed by atoms with van der Waals surface area (Å²) < 4.78 is 17.2. The summed E-state index contributed by atoms with van der Waals surface area (Å²) in [6.45, 7) is 18.1. The monoisotopic (exact) mass is 526 g/mol. The number of fused-ring (bicyclic) bond motifs is 2. The maximum absolute atomic E-state index is 6.14. The molecule has 4 aromatic rings. The van der Waals surface area contributed by atoms with E-state index < -0.39 is 0 Å². The van der Waals surface area contributed by atoms with E-state index in [2.05, 4.69) is 91.1 Å². The van der Waals surface area contributed by atoms with Crippen LogP contribution >= 0.6 is 15.9 Å². The van der Waals surface area contributed by atoms with Crippen LogP contribution in [-0.2, 0) is 22.4 Å². The summed E-state index contributed by atoms with van der Waals surface area (Å²) in [5.41, 5.74) is 6.64. The molecular formula is C24H32BBrN6O2. The molecule has 0 radical (unpaired) electrons. The van der Waals surface area contributed by atoms with Gasteiger partial charge in [-0.1, -0.05) is 32.4 Å². The van der Waals surface area contributed by atoms with Crippen LogP contribution in [-0.4, -0.2) is 48.3 Å². The summed E-state index contributed by atoms with van der Waals surface area (Å²) >= 11 is 3.47. The molecule has 0 amide bonds. The SMILES string of the molecule is CCn1nnc2c(C)c(B3OC(C)(C)C(C)(C)O3)ccc21.CCn1nnc2c(C)c(Br)ccc21. The molecule has 1 saturated heterocycles. The maximum atomic E-state index is 6.14. The van der Waals surface area contributed by atoms with Gasteiger partial charge in [0.15, 0.2) is 0 Å². The van der Waals surface area contributed by atoms with E-state index in [1.807, 2.05) is 34.5 Å². The third-order valence-corrected chi connectivity index (χ3v) is 7.82.